The predicted octanol–water partition coefficient (Wildman–Crippen LogP) is 5.09. The molecule has 2 N–H and O–H groups in total. The van der Waals surface area contributed by atoms with Gasteiger partial charge in [0.2, 0.25) is 0 Å². The number of nitrogen functional groups attached to an aromatic ring is 1. The Hall–Kier alpha value is -2.35. The topological polar surface area (TPSA) is 72.6 Å². The van der Waals surface area contributed by atoms with E-state index in [1.807, 2.05) is 30.0 Å². The van der Waals surface area contributed by atoms with Gasteiger partial charge in [-0.3, -0.25) is 9.59 Å². The molecule has 1 aromatic carbocycles. The van der Waals surface area contributed by atoms with Gasteiger partial charge in [-0.1, -0.05) is 37.4 Å². The van der Waals surface area contributed by atoms with E-state index < -0.39 is 0 Å². The van der Waals surface area contributed by atoms with E-state index in [0.717, 1.165) is 58.5 Å². The van der Waals surface area contributed by atoms with Gasteiger partial charge in [0.1, 0.15) is 5.75 Å². The molecule has 0 saturated carbocycles. The molecule has 2 aromatic rings. The molecule has 4 rings (SSSR count). The first-order valence-corrected chi connectivity index (χ1v) is 11.7. The summed E-state index contributed by atoms with van der Waals surface area (Å²) in [5.74, 6) is 0.991. The lowest BCUT2D eigenvalue weighted by Gasteiger charge is -2.42. The minimum atomic E-state index is 0.111. The summed E-state index contributed by atoms with van der Waals surface area (Å²) < 4.78 is 6.22. The lowest BCUT2D eigenvalue weighted by atomic mass is 9.88. The van der Waals surface area contributed by atoms with Crippen LogP contribution in [0.25, 0.3) is 10.1 Å². The van der Waals surface area contributed by atoms with Gasteiger partial charge in [0.15, 0.2) is 12.1 Å². The number of thioether (sulfide) groups is 1. The van der Waals surface area contributed by atoms with E-state index in [4.69, 9.17) is 10.5 Å². The van der Waals surface area contributed by atoms with Gasteiger partial charge in [-0.2, -0.15) is 0 Å². The number of fused-ring (bicyclic) bond motifs is 1. The molecule has 31 heavy (non-hydrogen) atoms. The number of ether oxygens (including phenoxy) is 1. The van der Waals surface area contributed by atoms with Crippen LogP contribution in [0.2, 0.25) is 0 Å². The van der Waals surface area contributed by atoms with E-state index in [9.17, 15) is 9.59 Å². The fourth-order valence-corrected chi connectivity index (χ4v) is 6.41. The zero-order valence-corrected chi connectivity index (χ0v) is 19.6. The number of rotatable bonds is 4. The largest absolute Gasteiger partial charge is 0.495 e. The highest BCUT2D eigenvalue weighted by Gasteiger charge is 2.41. The van der Waals surface area contributed by atoms with Crippen molar-refractivity contribution in [2.45, 2.75) is 24.0 Å². The average Bonchev–Trinajstić information content (AvgIpc) is 3.11. The Morgan fingerprint density at radius 2 is 1.94 bits per heavy atom. The summed E-state index contributed by atoms with van der Waals surface area (Å²) in [5.41, 5.74) is 7.04. The molecule has 7 heteroatoms. The van der Waals surface area contributed by atoms with Crippen molar-refractivity contribution in [2.75, 3.05) is 33.0 Å². The van der Waals surface area contributed by atoms with Crippen LogP contribution in [-0.4, -0.2) is 49.0 Å². The lowest BCUT2D eigenvalue weighted by Crippen LogP contribution is -2.43. The van der Waals surface area contributed by atoms with Crippen LogP contribution >= 0.6 is 23.1 Å². The van der Waals surface area contributed by atoms with E-state index in [0.29, 0.717) is 17.0 Å². The predicted molar refractivity (Wildman–Crippen MR) is 132 cm³/mol. The van der Waals surface area contributed by atoms with Gasteiger partial charge in [-0.05, 0) is 39.0 Å². The van der Waals surface area contributed by atoms with Gasteiger partial charge in [-0.15, -0.1) is 23.1 Å². The Kier molecular flexibility index (Phi) is 7.41. The Morgan fingerprint density at radius 1 is 1.23 bits per heavy atom. The normalized spacial score (nSPS) is 18.5. The first kappa shape index (κ1) is 23.3. The van der Waals surface area contributed by atoms with Crippen molar-refractivity contribution in [3.63, 3.8) is 0 Å². The second-order valence-electron chi connectivity index (χ2n) is 7.71. The molecule has 0 unspecified atom stereocenters. The van der Waals surface area contributed by atoms with Crippen LogP contribution in [0.1, 0.15) is 29.6 Å². The molecule has 3 heterocycles. The first-order chi connectivity index (χ1) is 14.9. The Balaban J connectivity index is 0.000000179. The van der Waals surface area contributed by atoms with Crippen LogP contribution in [0.5, 0.6) is 5.75 Å². The number of Topliss-reactive ketones (excluding diaryl/α,β-unsaturated/α-hetero) is 1. The van der Waals surface area contributed by atoms with Crippen molar-refractivity contribution in [1.82, 2.24) is 4.90 Å². The third-order valence-corrected chi connectivity index (χ3v) is 8.40. The summed E-state index contributed by atoms with van der Waals surface area (Å²) >= 11 is 3.21. The number of methoxy groups -OCH3 is 1. The molecule has 2 aliphatic rings. The van der Waals surface area contributed by atoms with Crippen molar-refractivity contribution in [1.29, 1.82) is 0 Å². The molecule has 0 amide bonds. The first-order valence-electron chi connectivity index (χ1n) is 10.1. The number of carbonyl (C=O) groups excluding carboxylic acids is 2. The standard InChI is InChI=1S/C14H19NOS.C10H9NO2S/c1-4-11-12(16)10-14(17-13(11)5-2)6-8-15(3)9-7-14;1-13-8-4-2-3-6-7(5-12)10(11)14-9(6)8/h4-5H,1-2,6-10H2,3H3;2-5H,11H2,1H3. The molecule has 5 nitrogen and oxygen atoms in total. The third kappa shape index (κ3) is 4.79. The Labute approximate surface area is 191 Å². The minimum Gasteiger partial charge on any atom is -0.495 e. The van der Waals surface area contributed by atoms with Gasteiger partial charge >= 0.3 is 0 Å². The average molecular weight is 457 g/mol. The molecule has 1 aromatic heterocycles. The van der Waals surface area contributed by atoms with E-state index in [2.05, 4.69) is 25.1 Å². The number of carbonyl (C=O) groups is 2. The molecule has 0 atom stereocenters. The number of anilines is 1. The maximum atomic E-state index is 12.1. The number of ketones is 1. The molecule has 164 valence electrons. The smallest absolute Gasteiger partial charge is 0.165 e. The summed E-state index contributed by atoms with van der Waals surface area (Å²) in [5, 5.41) is 1.40. The molecule has 0 bridgehead atoms. The second kappa shape index (κ2) is 9.85. The number of hydrogen-bond acceptors (Lipinski definition) is 7. The highest BCUT2D eigenvalue weighted by atomic mass is 32.2. The molecule has 0 aliphatic carbocycles. The molecule has 1 spiro atoms. The SMILES string of the molecule is C=CC1=C(C=C)C(=O)CC2(CCN(C)CC2)S1.COc1cccc2c(C=O)c(N)sc12. The highest BCUT2D eigenvalue weighted by Crippen LogP contribution is 2.48. The van der Waals surface area contributed by atoms with Crippen molar-refractivity contribution >= 4 is 50.3 Å². The molecule has 1 fully saturated rings. The number of nitrogens with two attached hydrogens (primary N) is 1. The Bertz CT molecular complexity index is 1050. The second-order valence-corrected chi connectivity index (χ2v) is 10.3. The number of nitrogens with zero attached hydrogens (tertiary/aromatic N) is 1. The van der Waals surface area contributed by atoms with Crippen LogP contribution in [0, 0.1) is 0 Å². The van der Waals surface area contributed by atoms with Gasteiger partial charge in [0.05, 0.1) is 22.4 Å². The number of benzene rings is 1. The van der Waals surface area contributed by atoms with Crippen LogP contribution in [0.4, 0.5) is 5.00 Å². The lowest BCUT2D eigenvalue weighted by molar-refractivity contribution is -0.116. The summed E-state index contributed by atoms with van der Waals surface area (Å²) in [4.78, 5) is 26.3. The summed E-state index contributed by atoms with van der Waals surface area (Å²) in [6.45, 7) is 9.71. The van der Waals surface area contributed by atoms with Gasteiger partial charge in [-0.25, -0.2) is 0 Å². The number of allylic oxidation sites excluding steroid dienone is 3. The fraction of sp³-hybridized carbons (Fsp3) is 0.333. The van der Waals surface area contributed by atoms with Gasteiger partial charge < -0.3 is 15.4 Å². The van der Waals surface area contributed by atoms with Crippen LogP contribution in [-0.2, 0) is 4.79 Å². The van der Waals surface area contributed by atoms with E-state index in [-0.39, 0.29) is 10.5 Å². The number of piperidine rings is 1. The maximum absolute atomic E-state index is 12.1. The highest BCUT2D eigenvalue weighted by molar-refractivity contribution is 8.04. The summed E-state index contributed by atoms with van der Waals surface area (Å²) in [6.07, 6.45) is 7.09. The van der Waals surface area contributed by atoms with Gasteiger partial charge in [0.25, 0.3) is 0 Å². The van der Waals surface area contributed by atoms with Crippen molar-refractivity contribution in [3.05, 3.63) is 59.6 Å². The third-order valence-electron chi connectivity index (χ3n) is 5.75. The number of hydrogen-bond donors (Lipinski definition) is 1. The van der Waals surface area contributed by atoms with Crippen LogP contribution < -0.4 is 10.5 Å². The zero-order chi connectivity index (χ0) is 22.6. The number of aldehydes is 1. The van der Waals surface area contributed by atoms with E-state index in [1.54, 1.807) is 19.3 Å². The van der Waals surface area contributed by atoms with Crippen LogP contribution in [0.15, 0.2) is 54.0 Å². The van der Waals surface area contributed by atoms with Crippen LogP contribution in [0.3, 0.4) is 0 Å². The Morgan fingerprint density at radius 3 is 2.52 bits per heavy atom. The monoisotopic (exact) mass is 456 g/mol. The molecule has 1 saturated heterocycles. The fourth-order valence-electron chi connectivity index (χ4n) is 3.93. The van der Waals surface area contributed by atoms with Gasteiger partial charge in [0, 0.05) is 27.0 Å². The molecule has 2 aliphatic heterocycles. The van der Waals surface area contributed by atoms with Crippen molar-refractivity contribution in [2.24, 2.45) is 0 Å². The maximum Gasteiger partial charge on any atom is 0.165 e. The van der Waals surface area contributed by atoms with Crippen molar-refractivity contribution < 1.29 is 14.3 Å². The van der Waals surface area contributed by atoms with E-state index >= 15 is 0 Å². The molecule has 0 radical (unpaired) electrons. The molecular weight excluding hydrogens is 428 g/mol. The number of thiophene rings is 1. The van der Waals surface area contributed by atoms with Crippen molar-refractivity contribution in [3.8, 4) is 5.75 Å². The summed E-state index contributed by atoms with van der Waals surface area (Å²) in [6, 6.07) is 5.57. The quantitative estimate of drug-likeness (QED) is 0.646. The zero-order valence-electron chi connectivity index (χ0n) is 18.0. The molecular formula is C24H28N2O3S2. The minimum absolute atomic E-state index is 0.111. The summed E-state index contributed by atoms with van der Waals surface area (Å²) in [7, 11) is 3.74. The van der Waals surface area contributed by atoms with E-state index in [1.165, 1.54) is 11.3 Å². The number of likely N-dealkylation sites (tertiary alicyclic amines) is 1.